The Morgan fingerprint density at radius 1 is 1.09 bits per heavy atom. The fraction of sp³-hybridized carbons (Fsp3) is 0.0417. The number of pyridine rings is 1. The highest BCUT2D eigenvalue weighted by molar-refractivity contribution is 7.95. The number of nitrogens with zero attached hydrogens (tertiary/aromatic N) is 3. The van der Waals surface area contributed by atoms with Crippen molar-refractivity contribution in [2.24, 2.45) is 0 Å². The van der Waals surface area contributed by atoms with Gasteiger partial charge in [-0.1, -0.05) is 36.4 Å². The van der Waals surface area contributed by atoms with Gasteiger partial charge in [-0.3, -0.25) is 9.20 Å². The van der Waals surface area contributed by atoms with Gasteiger partial charge in [0.05, 0.1) is 4.90 Å². The zero-order valence-corrected chi connectivity index (χ0v) is 18.1. The third-order valence-electron chi connectivity index (χ3n) is 4.82. The summed E-state index contributed by atoms with van der Waals surface area (Å²) in [7, 11) is -4.23. The van der Waals surface area contributed by atoms with Gasteiger partial charge in [0.2, 0.25) is 15.7 Å². The van der Waals surface area contributed by atoms with Gasteiger partial charge in [0.25, 0.3) is 5.56 Å². The monoisotopic (exact) mass is 461 g/mol. The summed E-state index contributed by atoms with van der Waals surface area (Å²) in [5.74, 6) is -1.23. The highest BCUT2D eigenvalue weighted by Gasteiger charge is 2.24. The predicted molar refractivity (Wildman–Crippen MR) is 120 cm³/mol. The molecule has 0 saturated carbocycles. The van der Waals surface area contributed by atoms with Crippen molar-refractivity contribution in [3.05, 3.63) is 105 Å². The number of sulfone groups is 1. The summed E-state index contributed by atoms with van der Waals surface area (Å²) in [6.45, 7) is 1.73. The van der Waals surface area contributed by atoms with Crippen molar-refractivity contribution < 1.29 is 17.5 Å². The van der Waals surface area contributed by atoms with Crippen molar-refractivity contribution in [3.63, 3.8) is 0 Å². The summed E-state index contributed by atoms with van der Waals surface area (Å²) >= 11 is 0. The molecule has 4 rings (SSSR count). The third kappa shape index (κ3) is 4.12. The van der Waals surface area contributed by atoms with E-state index in [2.05, 4.69) is 4.98 Å². The molecule has 0 fully saturated rings. The maximum Gasteiger partial charge on any atom is 0.269 e. The van der Waals surface area contributed by atoms with Crippen molar-refractivity contribution in [2.75, 3.05) is 0 Å². The van der Waals surface area contributed by atoms with Crippen molar-refractivity contribution in [1.29, 1.82) is 5.26 Å². The molecule has 164 valence electrons. The molecule has 0 saturated heterocycles. The second kappa shape index (κ2) is 8.68. The van der Waals surface area contributed by atoms with Gasteiger partial charge < -0.3 is 4.74 Å². The van der Waals surface area contributed by atoms with Crippen LogP contribution in [0.15, 0.2) is 87.5 Å². The van der Waals surface area contributed by atoms with E-state index in [1.54, 1.807) is 31.2 Å². The molecule has 0 unspecified atom stereocenters. The number of benzene rings is 2. The normalized spacial score (nSPS) is 11.8. The van der Waals surface area contributed by atoms with Crippen LogP contribution in [0.3, 0.4) is 0 Å². The van der Waals surface area contributed by atoms with Crippen LogP contribution in [0.2, 0.25) is 0 Å². The van der Waals surface area contributed by atoms with E-state index in [4.69, 9.17) is 4.74 Å². The molecule has 0 aliphatic heterocycles. The molecule has 7 nitrogen and oxygen atoms in total. The average molecular weight is 461 g/mol. The van der Waals surface area contributed by atoms with Gasteiger partial charge >= 0.3 is 0 Å². The molecule has 9 heteroatoms. The van der Waals surface area contributed by atoms with Crippen LogP contribution in [0.25, 0.3) is 11.7 Å². The molecular formula is C24H16FN3O4S. The van der Waals surface area contributed by atoms with E-state index in [0.29, 0.717) is 5.56 Å². The summed E-state index contributed by atoms with van der Waals surface area (Å²) in [5, 5.41) is 9.63. The third-order valence-corrected chi connectivity index (χ3v) is 6.50. The summed E-state index contributed by atoms with van der Waals surface area (Å²) in [6.07, 6.45) is 2.36. The molecule has 0 radical (unpaired) electrons. The highest BCUT2D eigenvalue weighted by atomic mass is 32.2. The Labute approximate surface area is 188 Å². The molecule has 0 spiro atoms. The zero-order valence-electron chi connectivity index (χ0n) is 17.3. The lowest BCUT2D eigenvalue weighted by Gasteiger charge is -2.12. The number of rotatable bonds is 5. The van der Waals surface area contributed by atoms with Gasteiger partial charge in [0.15, 0.2) is 11.6 Å². The number of fused-ring (bicyclic) bond motifs is 1. The molecule has 0 aliphatic rings. The van der Waals surface area contributed by atoms with E-state index in [1.807, 2.05) is 0 Å². The first kappa shape index (κ1) is 21.9. The molecule has 0 aliphatic carbocycles. The van der Waals surface area contributed by atoms with Crippen molar-refractivity contribution in [1.82, 2.24) is 9.38 Å². The molecule has 0 amide bonds. The Hall–Kier alpha value is -4.29. The Morgan fingerprint density at radius 3 is 2.48 bits per heavy atom. The molecule has 0 atom stereocenters. The molecule has 0 N–H and O–H groups in total. The first-order valence-corrected chi connectivity index (χ1v) is 11.2. The van der Waals surface area contributed by atoms with Gasteiger partial charge in [0.1, 0.15) is 22.2 Å². The van der Waals surface area contributed by atoms with Crippen LogP contribution in [0.5, 0.6) is 11.6 Å². The number of aryl methyl sites for hydroxylation is 1. The number of hydrogen-bond donors (Lipinski definition) is 0. The first-order valence-electron chi connectivity index (χ1n) is 9.69. The minimum Gasteiger partial charge on any atom is -0.435 e. The molecule has 0 bridgehead atoms. The van der Waals surface area contributed by atoms with E-state index in [9.17, 15) is 22.9 Å². The van der Waals surface area contributed by atoms with Gasteiger partial charge in [-0.05, 0) is 48.9 Å². The minimum atomic E-state index is -4.23. The quantitative estimate of drug-likeness (QED) is 0.411. The van der Waals surface area contributed by atoms with E-state index < -0.39 is 26.1 Å². The predicted octanol–water partition coefficient (Wildman–Crippen LogP) is 4.27. The number of halogens is 1. The van der Waals surface area contributed by atoms with Crippen LogP contribution in [-0.4, -0.2) is 17.8 Å². The summed E-state index contributed by atoms with van der Waals surface area (Å²) in [5.41, 5.74) is -0.0974. The van der Waals surface area contributed by atoms with Gasteiger partial charge in [-0.2, -0.15) is 10.2 Å². The maximum atomic E-state index is 14.2. The minimum absolute atomic E-state index is 0.112. The van der Waals surface area contributed by atoms with E-state index in [1.165, 1.54) is 59.1 Å². The number of ether oxygens (including phenoxy) is 1. The van der Waals surface area contributed by atoms with Crippen molar-refractivity contribution >= 4 is 21.6 Å². The van der Waals surface area contributed by atoms with Crippen molar-refractivity contribution in [3.8, 4) is 17.7 Å². The second-order valence-corrected chi connectivity index (χ2v) is 8.91. The van der Waals surface area contributed by atoms with E-state index in [-0.39, 0.29) is 27.7 Å². The lowest BCUT2D eigenvalue weighted by atomic mass is 10.2. The standard InChI is InChI=1S/C24H16FN3O4S/c1-16-8-7-13-28-22(16)27-23(32-21-12-6-5-11-20(21)25)19(24(28)29)14-18(15-26)33(30,31)17-9-3-2-4-10-17/h2-14H,1H3/b18-14+. The van der Waals surface area contributed by atoms with Crippen molar-refractivity contribution in [2.45, 2.75) is 11.8 Å². The molecule has 4 aromatic rings. The average Bonchev–Trinajstić information content (AvgIpc) is 2.81. The maximum absolute atomic E-state index is 14.2. The van der Waals surface area contributed by atoms with Crippen LogP contribution >= 0.6 is 0 Å². The Morgan fingerprint density at radius 2 is 1.79 bits per heavy atom. The van der Waals surface area contributed by atoms with Crippen LogP contribution in [0.1, 0.15) is 11.1 Å². The first-order chi connectivity index (χ1) is 15.8. The lowest BCUT2D eigenvalue weighted by molar-refractivity contribution is 0.426. The highest BCUT2D eigenvalue weighted by Crippen LogP contribution is 2.28. The van der Waals surface area contributed by atoms with Gasteiger partial charge in [0, 0.05) is 6.20 Å². The summed E-state index contributed by atoms with van der Waals surface area (Å²) in [4.78, 5) is 16.8. The lowest BCUT2D eigenvalue weighted by Crippen LogP contribution is -2.20. The molecule has 2 heterocycles. The molecular weight excluding hydrogens is 445 g/mol. The summed E-state index contributed by atoms with van der Waals surface area (Å²) < 4.78 is 47.0. The molecule has 2 aromatic carbocycles. The van der Waals surface area contributed by atoms with Crippen LogP contribution in [-0.2, 0) is 9.84 Å². The molecule has 33 heavy (non-hydrogen) atoms. The number of hydrogen-bond acceptors (Lipinski definition) is 6. The molecule has 2 aromatic heterocycles. The number of nitriles is 1. The van der Waals surface area contributed by atoms with Gasteiger partial charge in [-0.15, -0.1) is 0 Å². The van der Waals surface area contributed by atoms with E-state index in [0.717, 1.165) is 6.08 Å². The number of aromatic nitrogens is 2. The van der Waals surface area contributed by atoms with Crippen LogP contribution < -0.4 is 10.3 Å². The second-order valence-electron chi connectivity index (χ2n) is 6.99. The SMILES string of the molecule is Cc1cccn2c(=O)c(/C=C(\C#N)S(=O)(=O)c3ccccc3)c(Oc3ccccc3F)nc12. The number of para-hydroxylation sites is 1. The Kier molecular flexibility index (Phi) is 5.77. The van der Waals surface area contributed by atoms with Crippen LogP contribution in [0.4, 0.5) is 4.39 Å². The summed E-state index contributed by atoms with van der Waals surface area (Å²) in [6, 6.07) is 17.9. The van der Waals surface area contributed by atoms with E-state index >= 15 is 0 Å². The smallest absolute Gasteiger partial charge is 0.269 e. The zero-order chi connectivity index (χ0) is 23.6. The fourth-order valence-corrected chi connectivity index (χ4v) is 4.32. The van der Waals surface area contributed by atoms with Crippen LogP contribution in [0, 0.1) is 24.1 Å². The number of allylic oxidation sites excluding steroid dienone is 1. The Bertz CT molecular complexity index is 1600. The van der Waals surface area contributed by atoms with Gasteiger partial charge in [-0.25, -0.2) is 12.8 Å². The Balaban J connectivity index is 1.99. The topological polar surface area (TPSA) is 102 Å². The largest absolute Gasteiger partial charge is 0.435 e. The fourth-order valence-electron chi connectivity index (χ4n) is 3.15.